The Hall–Kier alpha value is 0.510. The first-order chi connectivity index (χ1) is 4.27. The SMILES string of the molecule is CO.CS[I-]NC(C)=O. The van der Waals surface area contributed by atoms with Crippen molar-refractivity contribution in [2.45, 2.75) is 6.92 Å². The third-order valence-corrected chi connectivity index (χ3v) is 3.22. The third-order valence-electron chi connectivity index (χ3n) is 0.249. The van der Waals surface area contributed by atoms with Gasteiger partial charge in [0.15, 0.2) is 0 Å². The molecule has 0 saturated carbocycles. The molecule has 0 aliphatic rings. The number of hydrogen-bond donors (Lipinski definition) is 2. The van der Waals surface area contributed by atoms with Gasteiger partial charge in [-0.05, 0) is 0 Å². The van der Waals surface area contributed by atoms with E-state index in [-0.39, 0.29) is 26.0 Å². The van der Waals surface area contributed by atoms with E-state index in [1.54, 1.807) is 8.93 Å². The van der Waals surface area contributed by atoms with Gasteiger partial charge in [-0.2, -0.15) is 0 Å². The summed E-state index contributed by atoms with van der Waals surface area (Å²) in [5.74, 6) is 0.0853. The van der Waals surface area contributed by atoms with Crippen molar-refractivity contribution in [2.75, 3.05) is 13.4 Å². The van der Waals surface area contributed by atoms with Crippen LogP contribution < -0.4 is 23.6 Å². The van der Waals surface area contributed by atoms with Crippen molar-refractivity contribution in [1.82, 2.24) is 3.53 Å². The Balaban J connectivity index is 0. The summed E-state index contributed by atoms with van der Waals surface area (Å²) in [4.78, 5) is 10.1. The van der Waals surface area contributed by atoms with E-state index in [2.05, 4.69) is 3.53 Å². The van der Waals surface area contributed by atoms with Crippen LogP contribution in [0.25, 0.3) is 0 Å². The molecular formula is C4H11INO2S-. The van der Waals surface area contributed by atoms with E-state index >= 15 is 0 Å². The van der Waals surface area contributed by atoms with E-state index < -0.39 is 0 Å². The second-order valence-electron chi connectivity index (χ2n) is 0.882. The minimum atomic E-state index is -0.0952. The molecular weight excluding hydrogens is 253 g/mol. The molecule has 0 aliphatic heterocycles. The summed E-state index contributed by atoms with van der Waals surface area (Å²) in [5, 5.41) is 7.00. The zero-order valence-corrected chi connectivity index (χ0v) is 8.62. The first kappa shape index (κ1) is 12.2. The molecule has 0 rings (SSSR count). The van der Waals surface area contributed by atoms with Gasteiger partial charge in [0.2, 0.25) is 0 Å². The summed E-state index contributed by atoms with van der Waals surface area (Å²) >= 11 is -0.0952. The van der Waals surface area contributed by atoms with Crippen molar-refractivity contribution in [3.05, 3.63) is 0 Å². The van der Waals surface area contributed by atoms with E-state index in [4.69, 9.17) is 5.11 Å². The number of rotatable bonds is 2. The topological polar surface area (TPSA) is 49.3 Å². The zero-order valence-electron chi connectivity index (χ0n) is 5.64. The summed E-state index contributed by atoms with van der Waals surface area (Å²) in [6, 6.07) is 0. The molecule has 0 radical (unpaired) electrons. The van der Waals surface area contributed by atoms with Gasteiger partial charge in [-0.15, -0.1) is 0 Å². The average molecular weight is 264 g/mol. The van der Waals surface area contributed by atoms with Crippen LogP contribution in [0.3, 0.4) is 0 Å². The summed E-state index contributed by atoms with van der Waals surface area (Å²) < 4.78 is 2.73. The summed E-state index contributed by atoms with van der Waals surface area (Å²) in [6.45, 7) is 1.54. The molecule has 0 spiro atoms. The predicted octanol–water partition coefficient (Wildman–Crippen LogP) is -2.99. The Morgan fingerprint density at radius 2 is 2.11 bits per heavy atom. The summed E-state index contributed by atoms with van der Waals surface area (Å²) in [6.07, 6.45) is 1.99. The third kappa shape index (κ3) is 17.7. The van der Waals surface area contributed by atoms with Crippen LogP contribution in [-0.2, 0) is 4.79 Å². The number of halogens is 1. The Kier molecular flexibility index (Phi) is 15.4. The van der Waals surface area contributed by atoms with Gasteiger partial charge in [-0.1, -0.05) is 0 Å². The normalized spacial score (nSPS) is 7.56. The van der Waals surface area contributed by atoms with Crippen LogP contribution in [0, 0.1) is 0 Å². The van der Waals surface area contributed by atoms with Gasteiger partial charge in [0.1, 0.15) is 0 Å². The van der Waals surface area contributed by atoms with Crippen molar-refractivity contribution in [3.63, 3.8) is 0 Å². The fourth-order valence-electron chi connectivity index (χ4n) is 0.0929. The predicted molar refractivity (Wildman–Crippen MR) is 35.5 cm³/mol. The van der Waals surface area contributed by atoms with Crippen molar-refractivity contribution in [3.8, 4) is 0 Å². The van der Waals surface area contributed by atoms with Crippen LogP contribution >= 0.6 is 8.93 Å². The van der Waals surface area contributed by atoms with Gasteiger partial charge in [-0.25, -0.2) is 0 Å². The zero-order chi connectivity index (χ0) is 7.70. The van der Waals surface area contributed by atoms with Crippen molar-refractivity contribution >= 4 is 14.8 Å². The molecule has 0 aliphatic carbocycles. The molecule has 0 fully saturated rings. The second kappa shape index (κ2) is 11.3. The van der Waals surface area contributed by atoms with E-state index in [9.17, 15) is 4.79 Å². The molecule has 3 nitrogen and oxygen atoms in total. The van der Waals surface area contributed by atoms with Gasteiger partial charge in [0.25, 0.3) is 0 Å². The van der Waals surface area contributed by atoms with Crippen LogP contribution in [0.5, 0.6) is 0 Å². The number of carbonyl (C=O) groups excluding carboxylic acids is 1. The fraction of sp³-hybridized carbons (Fsp3) is 0.750. The Morgan fingerprint density at radius 3 is 2.22 bits per heavy atom. The van der Waals surface area contributed by atoms with Crippen LogP contribution in [0.4, 0.5) is 0 Å². The number of hydrogen-bond acceptors (Lipinski definition) is 3. The number of aliphatic hydroxyl groups excluding tert-OH is 1. The molecule has 0 atom stereocenters. The van der Waals surface area contributed by atoms with Crippen LogP contribution in [0.15, 0.2) is 0 Å². The van der Waals surface area contributed by atoms with Crippen LogP contribution in [0.2, 0.25) is 0 Å². The fourth-order valence-corrected chi connectivity index (χ4v) is 1.87. The minimum absolute atomic E-state index is 0.0853. The van der Waals surface area contributed by atoms with E-state index in [1.807, 2.05) is 6.26 Å². The van der Waals surface area contributed by atoms with Gasteiger partial charge in [0, 0.05) is 7.11 Å². The first-order valence-electron chi connectivity index (χ1n) is 2.15. The standard InChI is InChI=1S/C3H7INOS.CH4O/c1-3(6)5-4-7-2;1-2/h1-2H3,(H,5,6);2H,1H3/q-1;. The van der Waals surface area contributed by atoms with E-state index in [0.29, 0.717) is 0 Å². The van der Waals surface area contributed by atoms with Crippen molar-refractivity contribution in [1.29, 1.82) is 0 Å². The molecule has 0 aromatic heterocycles. The quantitative estimate of drug-likeness (QED) is 0.413. The monoisotopic (exact) mass is 264 g/mol. The first-order valence-corrected chi connectivity index (χ1v) is 7.00. The molecule has 58 valence electrons. The molecule has 0 heterocycles. The number of carbonyl (C=O) groups is 1. The molecule has 0 saturated heterocycles. The molecule has 0 bridgehead atoms. The van der Waals surface area contributed by atoms with Crippen LogP contribution in [0.1, 0.15) is 6.92 Å². The van der Waals surface area contributed by atoms with E-state index in [0.717, 1.165) is 7.11 Å². The Bertz CT molecular complexity index is 71.6. The molecule has 0 aromatic rings. The summed E-state index contributed by atoms with van der Waals surface area (Å²) in [7, 11) is 2.71. The molecule has 0 aromatic carbocycles. The van der Waals surface area contributed by atoms with Crippen LogP contribution in [-0.4, -0.2) is 24.4 Å². The Morgan fingerprint density at radius 1 is 1.67 bits per heavy atom. The van der Waals surface area contributed by atoms with Crippen molar-refractivity contribution in [2.24, 2.45) is 0 Å². The van der Waals surface area contributed by atoms with Crippen molar-refractivity contribution < 1.29 is 30.0 Å². The molecule has 9 heavy (non-hydrogen) atoms. The summed E-state index contributed by atoms with van der Waals surface area (Å²) in [5.41, 5.74) is 0. The molecule has 1 amide bonds. The van der Waals surface area contributed by atoms with Gasteiger partial charge < -0.3 is 5.11 Å². The van der Waals surface area contributed by atoms with Gasteiger partial charge >= 0.3 is 56.4 Å². The average Bonchev–Trinajstić information content (AvgIpc) is 1.88. The Labute approximate surface area is 68.7 Å². The van der Waals surface area contributed by atoms with Gasteiger partial charge in [-0.3, -0.25) is 0 Å². The molecule has 0 unspecified atom stereocenters. The number of amides is 1. The van der Waals surface area contributed by atoms with E-state index in [1.165, 1.54) is 6.92 Å². The maximum absolute atomic E-state index is 10.1. The second-order valence-corrected chi connectivity index (χ2v) is 5.85. The number of nitrogens with one attached hydrogen (secondary N) is 1. The number of aliphatic hydroxyl groups is 1. The maximum atomic E-state index is 10.1. The molecule has 2 N–H and O–H groups in total. The van der Waals surface area contributed by atoms with Gasteiger partial charge in [0.05, 0.1) is 0 Å². The molecule has 5 heteroatoms.